The number of carbonyl (C=O) groups excluding carboxylic acids is 2. The van der Waals surface area contributed by atoms with Crippen LogP contribution in [-0.4, -0.2) is 31.4 Å². The molecule has 8 nitrogen and oxygen atoms in total. The lowest BCUT2D eigenvalue weighted by molar-refractivity contribution is -0.137. The predicted octanol–water partition coefficient (Wildman–Crippen LogP) is 5.83. The fourth-order valence-electron chi connectivity index (χ4n) is 4.57. The molecule has 3 aromatic carbocycles. The Morgan fingerprint density at radius 3 is 2.66 bits per heavy atom. The molecule has 0 saturated carbocycles. The third-order valence-corrected chi connectivity index (χ3v) is 6.75. The maximum atomic E-state index is 14.2. The number of anilines is 1. The van der Waals surface area contributed by atoms with E-state index in [0.29, 0.717) is 12.1 Å². The summed E-state index contributed by atoms with van der Waals surface area (Å²) in [7, 11) is 0. The average Bonchev–Trinajstić information content (AvgIpc) is 3.47. The highest BCUT2D eigenvalue weighted by Gasteiger charge is 2.36. The maximum Gasteiger partial charge on any atom is 0.416 e. The number of aromatic nitrogens is 4. The Bertz CT molecular complexity index is 1950. The van der Waals surface area contributed by atoms with Gasteiger partial charge in [-0.05, 0) is 48.5 Å². The van der Waals surface area contributed by atoms with Gasteiger partial charge in [0, 0.05) is 38.5 Å². The molecule has 2 aromatic heterocycles. The van der Waals surface area contributed by atoms with Gasteiger partial charge >= 0.3 is 6.18 Å². The Balaban J connectivity index is 1.51. The smallest absolute Gasteiger partial charge is 0.341 e. The van der Waals surface area contributed by atoms with E-state index in [1.54, 1.807) is 0 Å². The summed E-state index contributed by atoms with van der Waals surface area (Å²) in [6, 6.07) is 6.67. The summed E-state index contributed by atoms with van der Waals surface area (Å²) in [5.74, 6) is -3.67. The maximum absolute atomic E-state index is 14.2. The number of carbonyl (C=O) groups is 2. The fourth-order valence-corrected chi connectivity index (χ4v) is 4.79. The van der Waals surface area contributed by atoms with Gasteiger partial charge in [0.15, 0.2) is 5.65 Å². The number of hydrogen-bond acceptors (Lipinski definition) is 5. The van der Waals surface area contributed by atoms with Crippen LogP contribution in [0.25, 0.3) is 16.9 Å². The van der Waals surface area contributed by atoms with Gasteiger partial charge in [0.05, 0.1) is 29.7 Å². The molecule has 1 unspecified atom stereocenters. The molecule has 1 atom stereocenters. The summed E-state index contributed by atoms with van der Waals surface area (Å²) in [6.07, 6.45) is -2.44. The van der Waals surface area contributed by atoms with Crippen LogP contribution in [-0.2, 0) is 6.18 Å². The number of alkyl halides is 3. The first-order chi connectivity index (χ1) is 19.9. The van der Waals surface area contributed by atoms with Crippen LogP contribution in [0, 0.1) is 11.6 Å². The third kappa shape index (κ3) is 4.84. The van der Waals surface area contributed by atoms with Crippen LogP contribution in [0.4, 0.5) is 27.6 Å². The molecule has 0 fully saturated rings. The van der Waals surface area contributed by atoms with Gasteiger partial charge in [-0.15, -0.1) is 0 Å². The van der Waals surface area contributed by atoms with E-state index in [2.05, 4.69) is 25.7 Å². The largest absolute Gasteiger partial charge is 0.416 e. The molecule has 2 N–H and O–H groups in total. The van der Waals surface area contributed by atoms with Crippen molar-refractivity contribution < 1.29 is 32.9 Å². The van der Waals surface area contributed by atoms with Gasteiger partial charge in [0.1, 0.15) is 19.3 Å². The Morgan fingerprint density at radius 1 is 1.07 bits per heavy atom. The van der Waals surface area contributed by atoms with Crippen molar-refractivity contribution in [1.29, 1.82) is 0 Å². The minimum absolute atomic E-state index is 0.0324. The van der Waals surface area contributed by atoms with E-state index < -0.39 is 46.8 Å². The molecular formula is C27H14ClF5N6O2. The van der Waals surface area contributed by atoms with Gasteiger partial charge < -0.3 is 10.6 Å². The molecule has 41 heavy (non-hydrogen) atoms. The number of halogens is 6. The van der Waals surface area contributed by atoms with E-state index in [9.17, 15) is 31.5 Å². The lowest BCUT2D eigenvalue weighted by Gasteiger charge is -2.19. The van der Waals surface area contributed by atoms with Crippen LogP contribution in [0.1, 0.15) is 44.8 Å². The number of hydrogen-bond donors (Lipinski definition) is 2. The van der Waals surface area contributed by atoms with E-state index in [1.807, 2.05) is 0 Å². The minimum Gasteiger partial charge on any atom is -0.341 e. The first kappa shape index (κ1) is 25.1. The summed E-state index contributed by atoms with van der Waals surface area (Å²) in [4.78, 5) is 34.5. The van der Waals surface area contributed by atoms with Crippen LogP contribution >= 0.6 is 11.6 Å². The molecule has 5 aromatic rings. The number of benzene rings is 3. The lowest BCUT2D eigenvalue weighted by atomic mass is 9.93. The highest BCUT2D eigenvalue weighted by Crippen LogP contribution is 2.42. The average molecular weight is 586 g/mol. The molecule has 0 spiro atoms. The SMILES string of the molecule is [2H]c1nc2cnc(-c3cc(NC(=O)c4cc(F)cc(C(F)(F)F)c4)c4c(c3)C(=O)NC4c3cc(F)ccc3Cl)cn2n1. The van der Waals surface area contributed by atoms with Gasteiger partial charge in [-0.3, -0.25) is 14.6 Å². The van der Waals surface area contributed by atoms with Crippen LogP contribution in [0.15, 0.2) is 67.2 Å². The summed E-state index contributed by atoms with van der Waals surface area (Å²) in [6.45, 7) is 0. The van der Waals surface area contributed by atoms with Gasteiger partial charge in [-0.1, -0.05) is 11.6 Å². The molecule has 206 valence electrons. The second kappa shape index (κ2) is 9.63. The molecule has 0 saturated heterocycles. The summed E-state index contributed by atoms with van der Waals surface area (Å²) < 4.78 is 77.1. The normalized spacial score (nSPS) is 15.0. The molecular weight excluding hydrogens is 571 g/mol. The minimum atomic E-state index is -4.92. The van der Waals surface area contributed by atoms with Crippen LogP contribution in [0.3, 0.4) is 0 Å². The first-order valence-electron chi connectivity index (χ1n) is 12.2. The van der Waals surface area contributed by atoms with E-state index in [0.717, 1.165) is 12.1 Å². The van der Waals surface area contributed by atoms with Gasteiger partial charge in [-0.2, -0.15) is 18.3 Å². The van der Waals surface area contributed by atoms with Crippen molar-refractivity contribution in [2.45, 2.75) is 12.2 Å². The topological polar surface area (TPSA) is 101 Å². The second-order valence-corrected chi connectivity index (χ2v) is 9.43. The van der Waals surface area contributed by atoms with Crippen molar-refractivity contribution >= 4 is 34.7 Å². The zero-order valence-corrected chi connectivity index (χ0v) is 21.0. The number of fused-ring (bicyclic) bond motifs is 2. The number of amides is 2. The van der Waals surface area contributed by atoms with E-state index in [1.165, 1.54) is 35.1 Å². The standard InChI is InChI=1S/C27H14ClF5N6O2/c28-19-2-1-15(29)8-17(19)24-23-18(26(41)38-24)5-12(21-10-39-22(9-34-21)35-11-36-39)6-20(23)37-25(40)13-3-14(27(31,32)33)7-16(30)4-13/h1-11,24H,(H,37,40)(H,38,41)/i11D. The monoisotopic (exact) mass is 585 g/mol. The molecule has 0 radical (unpaired) electrons. The van der Waals surface area contributed by atoms with E-state index >= 15 is 0 Å². The number of nitrogens with zero attached hydrogens (tertiary/aromatic N) is 4. The number of rotatable bonds is 4. The third-order valence-electron chi connectivity index (χ3n) is 6.40. The van der Waals surface area contributed by atoms with Crippen LogP contribution < -0.4 is 10.6 Å². The molecule has 6 rings (SSSR count). The zero-order valence-electron chi connectivity index (χ0n) is 21.2. The predicted molar refractivity (Wildman–Crippen MR) is 136 cm³/mol. The Labute approximate surface area is 233 Å². The van der Waals surface area contributed by atoms with E-state index in [4.69, 9.17) is 13.0 Å². The van der Waals surface area contributed by atoms with Gasteiger partial charge in [-0.25, -0.2) is 18.3 Å². The van der Waals surface area contributed by atoms with Gasteiger partial charge in [0.25, 0.3) is 11.8 Å². The Morgan fingerprint density at radius 2 is 1.88 bits per heavy atom. The highest BCUT2D eigenvalue weighted by atomic mass is 35.5. The molecule has 14 heteroatoms. The van der Waals surface area contributed by atoms with E-state index in [-0.39, 0.29) is 56.7 Å². The molecule has 0 bridgehead atoms. The first-order valence-corrected chi connectivity index (χ1v) is 12.1. The Hall–Kier alpha value is -4.91. The second-order valence-electron chi connectivity index (χ2n) is 9.02. The van der Waals surface area contributed by atoms with Crippen molar-refractivity contribution in [3.05, 3.63) is 112 Å². The van der Waals surface area contributed by atoms with Crippen LogP contribution in [0.5, 0.6) is 0 Å². The summed E-state index contributed by atoms with van der Waals surface area (Å²) >= 11 is 6.31. The summed E-state index contributed by atoms with van der Waals surface area (Å²) in [5.41, 5.74) is -0.963. The molecule has 0 aliphatic carbocycles. The quantitative estimate of drug-likeness (QED) is 0.259. The number of nitrogens with one attached hydrogen (secondary N) is 2. The molecule has 1 aliphatic rings. The molecule has 2 amide bonds. The lowest BCUT2D eigenvalue weighted by Crippen LogP contribution is -2.21. The van der Waals surface area contributed by atoms with Crippen molar-refractivity contribution in [2.24, 2.45) is 0 Å². The van der Waals surface area contributed by atoms with Crippen LogP contribution in [0.2, 0.25) is 5.02 Å². The Kier molecular flexibility index (Phi) is 5.89. The van der Waals surface area contributed by atoms with Crippen molar-refractivity contribution in [3.8, 4) is 11.3 Å². The van der Waals surface area contributed by atoms with Crippen molar-refractivity contribution in [2.75, 3.05) is 5.32 Å². The summed E-state index contributed by atoms with van der Waals surface area (Å²) in [5, 5.41) is 9.17. The highest BCUT2D eigenvalue weighted by molar-refractivity contribution is 6.31. The molecule has 3 heterocycles. The van der Waals surface area contributed by atoms with Gasteiger partial charge in [0.2, 0.25) is 0 Å². The van der Waals surface area contributed by atoms with Crippen molar-refractivity contribution in [3.63, 3.8) is 0 Å². The fraction of sp³-hybridized carbons (Fsp3) is 0.0741. The molecule has 1 aliphatic heterocycles. The zero-order chi connectivity index (χ0) is 29.9. The van der Waals surface area contributed by atoms with Crippen molar-refractivity contribution in [1.82, 2.24) is 24.9 Å².